The normalized spacial score (nSPS) is 11.4. The van der Waals surface area contributed by atoms with Gasteiger partial charge >= 0.3 is 0 Å². The summed E-state index contributed by atoms with van der Waals surface area (Å²) < 4.78 is 0. The third-order valence-corrected chi connectivity index (χ3v) is 7.70. The van der Waals surface area contributed by atoms with Gasteiger partial charge in [-0.25, -0.2) is 0 Å². The molecule has 0 spiro atoms. The molecule has 0 radical (unpaired) electrons. The number of fused-ring (bicyclic) bond motifs is 3. The molecule has 0 saturated carbocycles. The van der Waals surface area contributed by atoms with E-state index in [0.29, 0.717) is 0 Å². The van der Waals surface area contributed by atoms with Crippen molar-refractivity contribution < 1.29 is 0 Å². The molecule has 0 amide bonds. The molecular formula is C37H27N. The van der Waals surface area contributed by atoms with Gasteiger partial charge in [0, 0.05) is 11.8 Å². The van der Waals surface area contributed by atoms with Gasteiger partial charge < -0.3 is 0 Å². The molecule has 0 aliphatic heterocycles. The molecule has 0 unspecified atom stereocenters. The van der Waals surface area contributed by atoms with E-state index in [-0.39, 0.29) is 0 Å². The van der Waals surface area contributed by atoms with Crippen LogP contribution in [0.4, 0.5) is 0 Å². The summed E-state index contributed by atoms with van der Waals surface area (Å²) in [6.07, 6.45) is 1.89. The number of benzene rings is 6. The Morgan fingerprint density at radius 2 is 1.03 bits per heavy atom. The van der Waals surface area contributed by atoms with E-state index in [4.69, 9.17) is 0 Å². The van der Waals surface area contributed by atoms with Crippen molar-refractivity contribution >= 4 is 32.3 Å². The van der Waals surface area contributed by atoms with E-state index in [1.165, 1.54) is 65.7 Å². The highest BCUT2D eigenvalue weighted by atomic mass is 14.7. The van der Waals surface area contributed by atoms with Crippen LogP contribution in [0, 0.1) is 13.8 Å². The minimum absolute atomic E-state index is 1.00. The Hall–Kier alpha value is -4.75. The Bertz CT molecular complexity index is 1940. The number of rotatable bonds is 3. The van der Waals surface area contributed by atoms with E-state index in [0.717, 1.165) is 11.3 Å². The zero-order valence-electron chi connectivity index (χ0n) is 21.6. The maximum Gasteiger partial charge on any atom is 0.0704 e. The maximum absolute atomic E-state index is 4.66. The van der Waals surface area contributed by atoms with E-state index in [2.05, 4.69) is 134 Å². The quantitative estimate of drug-likeness (QED) is 0.227. The van der Waals surface area contributed by atoms with Gasteiger partial charge in [0.2, 0.25) is 0 Å². The zero-order valence-corrected chi connectivity index (χ0v) is 21.6. The first-order chi connectivity index (χ1) is 18.7. The number of hydrogen-bond acceptors (Lipinski definition) is 1. The lowest BCUT2D eigenvalue weighted by atomic mass is 9.84. The summed E-state index contributed by atoms with van der Waals surface area (Å²) in [5.41, 5.74) is 9.71. The van der Waals surface area contributed by atoms with E-state index >= 15 is 0 Å². The monoisotopic (exact) mass is 485 g/mol. The molecule has 180 valence electrons. The van der Waals surface area contributed by atoms with Crippen molar-refractivity contribution in [3.8, 4) is 33.5 Å². The van der Waals surface area contributed by atoms with Crippen LogP contribution in [0.15, 0.2) is 128 Å². The molecular weight excluding hydrogens is 458 g/mol. The van der Waals surface area contributed by atoms with Crippen molar-refractivity contribution in [1.29, 1.82) is 0 Å². The van der Waals surface area contributed by atoms with Gasteiger partial charge in [-0.2, -0.15) is 0 Å². The molecule has 6 aromatic carbocycles. The van der Waals surface area contributed by atoms with E-state index in [1.54, 1.807) is 0 Å². The highest BCUT2D eigenvalue weighted by Gasteiger charge is 2.18. The van der Waals surface area contributed by atoms with Crippen LogP contribution in [0.5, 0.6) is 0 Å². The topological polar surface area (TPSA) is 12.9 Å². The van der Waals surface area contributed by atoms with Crippen LogP contribution in [0.3, 0.4) is 0 Å². The molecule has 1 heteroatoms. The number of aryl methyl sites for hydroxylation is 2. The summed E-state index contributed by atoms with van der Waals surface area (Å²) in [5.74, 6) is 0. The molecule has 0 fully saturated rings. The van der Waals surface area contributed by atoms with Crippen molar-refractivity contribution in [2.45, 2.75) is 13.8 Å². The second-order valence-electron chi connectivity index (χ2n) is 10.1. The van der Waals surface area contributed by atoms with Gasteiger partial charge in [0.25, 0.3) is 0 Å². The van der Waals surface area contributed by atoms with Crippen LogP contribution in [0.1, 0.15) is 11.1 Å². The number of nitrogens with zero attached hydrogens (tertiary/aromatic N) is 1. The Morgan fingerprint density at radius 3 is 1.74 bits per heavy atom. The van der Waals surface area contributed by atoms with Crippen LogP contribution in [0.25, 0.3) is 65.8 Å². The van der Waals surface area contributed by atoms with Crippen molar-refractivity contribution in [3.05, 3.63) is 139 Å². The highest BCUT2D eigenvalue weighted by Crippen LogP contribution is 2.45. The lowest BCUT2D eigenvalue weighted by molar-refractivity contribution is 1.29. The first-order valence-corrected chi connectivity index (χ1v) is 13.1. The first-order valence-electron chi connectivity index (χ1n) is 13.1. The van der Waals surface area contributed by atoms with Crippen LogP contribution >= 0.6 is 0 Å². The van der Waals surface area contributed by atoms with Crippen LogP contribution in [0.2, 0.25) is 0 Å². The molecule has 1 heterocycles. The molecule has 1 nitrogen and oxygen atoms in total. The molecule has 1 aromatic heterocycles. The fraction of sp³-hybridized carbons (Fsp3) is 0.0541. The zero-order chi connectivity index (χ0) is 25.6. The molecule has 0 aliphatic carbocycles. The van der Waals surface area contributed by atoms with Crippen molar-refractivity contribution in [3.63, 3.8) is 0 Å². The minimum atomic E-state index is 1.00. The predicted octanol–water partition coefficient (Wildman–Crippen LogP) is 10.2. The molecule has 7 rings (SSSR count). The number of pyridine rings is 1. The van der Waals surface area contributed by atoms with Crippen LogP contribution < -0.4 is 0 Å². The molecule has 0 N–H and O–H groups in total. The summed E-state index contributed by atoms with van der Waals surface area (Å²) in [6, 6.07) is 44.1. The fourth-order valence-corrected chi connectivity index (χ4v) is 5.94. The molecule has 7 aromatic rings. The molecule has 0 aliphatic rings. The third-order valence-electron chi connectivity index (χ3n) is 7.70. The Kier molecular flexibility index (Phi) is 5.30. The van der Waals surface area contributed by atoms with Gasteiger partial charge in [-0.3, -0.25) is 4.98 Å². The average molecular weight is 486 g/mol. The van der Waals surface area contributed by atoms with Gasteiger partial charge in [-0.15, -0.1) is 0 Å². The predicted molar refractivity (Wildman–Crippen MR) is 163 cm³/mol. The third kappa shape index (κ3) is 3.59. The molecule has 0 bridgehead atoms. The molecule has 0 atom stereocenters. The van der Waals surface area contributed by atoms with Crippen molar-refractivity contribution in [2.75, 3.05) is 0 Å². The summed E-state index contributed by atoms with van der Waals surface area (Å²) in [5, 5.41) is 7.67. The average Bonchev–Trinajstić information content (AvgIpc) is 2.96. The van der Waals surface area contributed by atoms with E-state index < -0.39 is 0 Å². The fourth-order valence-electron chi connectivity index (χ4n) is 5.94. The van der Waals surface area contributed by atoms with Crippen LogP contribution in [-0.4, -0.2) is 4.98 Å². The lowest BCUT2D eigenvalue weighted by Gasteiger charge is -2.19. The smallest absolute Gasteiger partial charge is 0.0704 e. The van der Waals surface area contributed by atoms with Crippen LogP contribution in [-0.2, 0) is 0 Å². The Morgan fingerprint density at radius 1 is 0.447 bits per heavy atom. The lowest BCUT2D eigenvalue weighted by Crippen LogP contribution is -1.92. The number of aromatic nitrogens is 1. The van der Waals surface area contributed by atoms with Crippen molar-refractivity contribution in [2.24, 2.45) is 0 Å². The van der Waals surface area contributed by atoms with Gasteiger partial charge in [0.15, 0.2) is 0 Å². The van der Waals surface area contributed by atoms with Gasteiger partial charge in [0.05, 0.1) is 5.69 Å². The maximum atomic E-state index is 4.66. The second-order valence-corrected chi connectivity index (χ2v) is 10.1. The standard InChI is InChI=1S/C37H27N/c1-24-20-21-38-35(22-24)26-11-8-12-27(23-26)36-31-13-3-5-15-33(31)37(34-16-6-4-14-32(34)36)30-19-9-17-28-25(2)10-7-18-29(28)30/h3-23H,1-2H3. The number of hydrogen-bond donors (Lipinski definition) is 0. The van der Waals surface area contributed by atoms with Gasteiger partial charge in [0.1, 0.15) is 0 Å². The summed E-state index contributed by atoms with van der Waals surface area (Å²) in [6.45, 7) is 4.31. The van der Waals surface area contributed by atoms with E-state index in [1.807, 2.05) is 12.3 Å². The van der Waals surface area contributed by atoms with E-state index in [9.17, 15) is 0 Å². The summed E-state index contributed by atoms with van der Waals surface area (Å²) in [7, 11) is 0. The van der Waals surface area contributed by atoms with Crippen molar-refractivity contribution in [1.82, 2.24) is 4.98 Å². The first kappa shape index (κ1) is 22.4. The minimum Gasteiger partial charge on any atom is -0.256 e. The summed E-state index contributed by atoms with van der Waals surface area (Å²) in [4.78, 5) is 4.66. The second kappa shape index (κ2) is 8.97. The molecule has 0 saturated heterocycles. The van der Waals surface area contributed by atoms with Gasteiger partial charge in [-0.05, 0) is 97.7 Å². The largest absolute Gasteiger partial charge is 0.256 e. The SMILES string of the molecule is Cc1ccnc(-c2cccc(-c3c4ccccc4c(-c4cccc5c(C)cccc45)c4ccccc34)c2)c1. The van der Waals surface area contributed by atoms with Gasteiger partial charge in [-0.1, -0.05) is 103 Å². The molecule has 38 heavy (non-hydrogen) atoms. The Labute approximate surface area is 223 Å². The Balaban J connectivity index is 1.58. The summed E-state index contributed by atoms with van der Waals surface area (Å²) >= 11 is 0. The highest BCUT2D eigenvalue weighted by molar-refractivity contribution is 6.23.